The molecule has 0 aliphatic carbocycles. The minimum absolute atomic E-state index is 0.326. The van der Waals surface area contributed by atoms with Gasteiger partial charge in [0.05, 0.1) is 0 Å². The molecule has 1 saturated heterocycles. The van der Waals surface area contributed by atoms with E-state index < -0.39 is 11.9 Å². The lowest BCUT2D eigenvalue weighted by atomic mass is 9.93. The molecule has 1 aromatic heterocycles. The topological polar surface area (TPSA) is 75.8 Å². The highest BCUT2D eigenvalue weighted by molar-refractivity contribution is 5.03. The van der Waals surface area contributed by atoms with Crippen molar-refractivity contribution in [2.45, 2.75) is 38.6 Å². The Hall–Kier alpha value is -1.02. The number of ether oxygens (including phenoxy) is 4. The Morgan fingerprint density at radius 3 is 2.40 bits per heavy atom. The van der Waals surface area contributed by atoms with Gasteiger partial charge in [-0.1, -0.05) is 5.16 Å². The first-order valence-corrected chi connectivity index (χ1v) is 6.96. The van der Waals surface area contributed by atoms with Gasteiger partial charge in [-0.05, 0) is 13.8 Å². The number of methoxy groups -OCH3 is 1. The van der Waals surface area contributed by atoms with E-state index in [2.05, 4.69) is 10.1 Å². The largest absolute Gasteiger partial charge is 0.381 e. The SMILES string of the molecule is CCOC(OCC)c1nc(C2(OC)CCOCC2)no1. The number of nitrogens with zero attached hydrogens (tertiary/aromatic N) is 2. The monoisotopic (exact) mass is 286 g/mol. The van der Waals surface area contributed by atoms with Gasteiger partial charge in [0.15, 0.2) is 0 Å². The maximum Gasteiger partial charge on any atom is 0.283 e. The Balaban J connectivity index is 2.17. The summed E-state index contributed by atoms with van der Waals surface area (Å²) < 4.78 is 27.2. The van der Waals surface area contributed by atoms with Crippen molar-refractivity contribution >= 4 is 0 Å². The smallest absolute Gasteiger partial charge is 0.283 e. The lowest BCUT2D eigenvalue weighted by Crippen LogP contribution is -2.36. The van der Waals surface area contributed by atoms with Gasteiger partial charge in [-0.3, -0.25) is 0 Å². The molecule has 7 heteroatoms. The number of hydrogen-bond donors (Lipinski definition) is 0. The van der Waals surface area contributed by atoms with Crippen molar-refractivity contribution in [2.24, 2.45) is 0 Å². The molecule has 0 atom stereocenters. The van der Waals surface area contributed by atoms with E-state index in [-0.39, 0.29) is 0 Å². The third-order valence-electron chi connectivity index (χ3n) is 3.38. The van der Waals surface area contributed by atoms with Gasteiger partial charge >= 0.3 is 0 Å². The van der Waals surface area contributed by atoms with Crippen LogP contribution in [0, 0.1) is 0 Å². The zero-order valence-corrected chi connectivity index (χ0v) is 12.3. The molecule has 2 heterocycles. The zero-order chi connectivity index (χ0) is 14.4. The van der Waals surface area contributed by atoms with Crippen molar-refractivity contribution in [2.75, 3.05) is 33.5 Å². The molecule has 20 heavy (non-hydrogen) atoms. The average Bonchev–Trinajstić information content (AvgIpc) is 2.98. The molecule has 0 spiro atoms. The average molecular weight is 286 g/mol. The van der Waals surface area contributed by atoms with Crippen molar-refractivity contribution < 1.29 is 23.5 Å². The van der Waals surface area contributed by atoms with Crippen LogP contribution in [0.15, 0.2) is 4.52 Å². The Bertz CT molecular complexity index is 397. The highest BCUT2D eigenvalue weighted by atomic mass is 16.7. The van der Waals surface area contributed by atoms with E-state index in [0.29, 0.717) is 51.0 Å². The molecule has 2 rings (SSSR count). The molecule has 114 valence electrons. The first kappa shape index (κ1) is 15.4. The van der Waals surface area contributed by atoms with E-state index >= 15 is 0 Å². The summed E-state index contributed by atoms with van der Waals surface area (Å²) in [5, 5.41) is 4.04. The molecule has 1 fully saturated rings. The van der Waals surface area contributed by atoms with Crippen molar-refractivity contribution in [1.29, 1.82) is 0 Å². The quantitative estimate of drug-likeness (QED) is 0.707. The van der Waals surface area contributed by atoms with E-state index in [1.165, 1.54) is 0 Å². The van der Waals surface area contributed by atoms with Crippen LogP contribution in [0.25, 0.3) is 0 Å². The van der Waals surface area contributed by atoms with E-state index in [4.69, 9.17) is 23.5 Å². The molecule has 1 aliphatic heterocycles. The molecular formula is C13H22N2O5. The van der Waals surface area contributed by atoms with Crippen LogP contribution in [0.2, 0.25) is 0 Å². The number of rotatable bonds is 7. The predicted molar refractivity (Wildman–Crippen MR) is 69.0 cm³/mol. The van der Waals surface area contributed by atoms with Gasteiger partial charge in [-0.25, -0.2) is 0 Å². The van der Waals surface area contributed by atoms with Crippen molar-refractivity contribution in [1.82, 2.24) is 10.1 Å². The summed E-state index contributed by atoms with van der Waals surface area (Å²) in [4.78, 5) is 4.41. The molecular weight excluding hydrogens is 264 g/mol. The second-order valence-electron chi connectivity index (χ2n) is 4.51. The van der Waals surface area contributed by atoms with Crippen LogP contribution in [0.1, 0.15) is 44.7 Å². The lowest BCUT2D eigenvalue weighted by Gasteiger charge is -2.32. The molecule has 0 N–H and O–H groups in total. The second kappa shape index (κ2) is 7.12. The Labute approximate surface area is 118 Å². The summed E-state index contributed by atoms with van der Waals surface area (Å²) in [6.07, 6.45) is 0.785. The molecule has 1 aromatic rings. The summed E-state index contributed by atoms with van der Waals surface area (Å²) in [6.45, 7) is 6.03. The predicted octanol–water partition coefficient (Wildman–Crippen LogP) is 1.79. The van der Waals surface area contributed by atoms with Crippen LogP contribution in [0.4, 0.5) is 0 Å². The second-order valence-corrected chi connectivity index (χ2v) is 4.51. The normalized spacial score (nSPS) is 18.6. The molecule has 1 aliphatic rings. The maximum absolute atomic E-state index is 5.63. The van der Waals surface area contributed by atoms with Crippen LogP contribution in [0.5, 0.6) is 0 Å². The maximum atomic E-state index is 5.63. The fraction of sp³-hybridized carbons (Fsp3) is 0.846. The number of aromatic nitrogens is 2. The highest BCUT2D eigenvalue weighted by Gasteiger charge is 2.40. The fourth-order valence-corrected chi connectivity index (χ4v) is 2.23. The van der Waals surface area contributed by atoms with Crippen molar-refractivity contribution in [3.63, 3.8) is 0 Å². The molecule has 0 aromatic carbocycles. The van der Waals surface area contributed by atoms with Gasteiger partial charge in [0.25, 0.3) is 5.89 Å². The standard InChI is InChI=1S/C13H22N2O5/c1-4-18-11(19-5-2)10-14-12(15-20-10)13(16-3)6-8-17-9-7-13/h11H,4-9H2,1-3H3. The zero-order valence-electron chi connectivity index (χ0n) is 12.3. The summed E-state index contributed by atoms with van der Waals surface area (Å²) in [5.41, 5.74) is -0.539. The summed E-state index contributed by atoms with van der Waals surface area (Å²) in [7, 11) is 1.66. The van der Waals surface area contributed by atoms with Gasteiger partial charge in [-0.15, -0.1) is 0 Å². The third kappa shape index (κ3) is 3.17. The van der Waals surface area contributed by atoms with Crippen LogP contribution in [0.3, 0.4) is 0 Å². The summed E-state index contributed by atoms with van der Waals surface area (Å²) in [6, 6.07) is 0. The van der Waals surface area contributed by atoms with Crippen LogP contribution in [-0.4, -0.2) is 43.7 Å². The van der Waals surface area contributed by atoms with Gasteiger partial charge < -0.3 is 23.5 Å². The Morgan fingerprint density at radius 1 is 1.20 bits per heavy atom. The third-order valence-corrected chi connectivity index (χ3v) is 3.38. The first-order chi connectivity index (χ1) is 9.75. The molecule has 0 unspecified atom stereocenters. The van der Waals surface area contributed by atoms with E-state index in [1.807, 2.05) is 13.8 Å². The minimum Gasteiger partial charge on any atom is -0.381 e. The van der Waals surface area contributed by atoms with Crippen LogP contribution >= 0.6 is 0 Å². The minimum atomic E-state index is -0.625. The number of hydrogen-bond acceptors (Lipinski definition) is 7. The lowest BCUT2D eigenvalue weighted by molar-refractivity contribution is -0.155. The van der Waals surface area contributed by atoms with E-state index in [0.717, 1.165) is 0 Å². The summed E-state index contributed by atoms with van der Waals surface area (Å²) >= 11 is 0. The van der Waals surface area contributed by atoms with Gasteiger partial charge in [0, 0.05) is 46.4 Å². The molecule has 0 radical (unpaired) electrons. The molecule has 0 bridgehead atoms. The highest BCUT2D eigenvalue weighted by Crippen LogP contribution is 2.34. The van der Waals surface area contributed by atoms with Gasteiger partial charge in [0.1, 0.15) is 5.60 Å². The molecule has 0 amide bonds. The summed E-state index contributed by atoms with van der Waals surface area (Å²) in [5.74, 6) is 0.856. The Morgan fingerprint density at radius 2 is 1.85 bits per heavy atom. The van der Waals surface area contributed by atoms with E-state index in [1.54, 1.807) is 7.11 Å². The van der Waals surface area contributed by atoms with E-state index in [9.17, 15) is 0 Å². The van der Waals surface area contributed by atoms with Crippen LogP contribution in [-0.2, 0) is 24.5 Å². The Kier molecular flexibility index (Phi) is 5.47. The van der Waals surface area contributed by atoms with Crippen molar-refractivity contribution in [3.05, 3.63) is 11.7 Å². The van der Waals surface area contributed by atoms with Crippen LogP contribution < -0.4 is 0 Å². The fourth-order valence-electron chi connectivity index (χ4n) is 2.23. The van der Waals surface area contributed by atoms with Crippen molar-refractivity contribution in [3.8, 4) is 0 Å². The molecule has 7 nitrogen and oxygen atoms in total. The molecule has 0 saturated carbocycles. The van der Waals surface area contributed by atoms with Gasteiger partial charge in [-0.2, -0.15) is 4.98 Å². The first-order valence-electron chi connectivity index (χ1n) is 6.96. The van der Waals surface area contributed by atoms with Gasteiger partial charge in [0.2, 0.25) is 12.1 Å².